The lowest BCUT2D eigenvalue weighted by Crippen LogP contribution is -2.47. The Morgan fingerprint density at radius 1 is 0.938 bits per heavy atom. The highest BCUT2D eigenvalue weighted by molar-refractivity contribution is 7.99. The summed E-state index contributed by atoms with van der Waals surface area (Å²) in [6, 6.07) is 23.2. The van der Waals surface area contributed by atoms with Crippen LogP contribution in [-0.4, -0.2) is 33.3 Å². The molecule has 2 heterocycles. The minimum Gasteiger partial charge on any atom is -0.361 e. The van der Waals surface area contributed by atoms with Gasteiger partial charge in [0.05, 0.1) is 16.8 Å². The Kier molecular flexibility index (Phi) is 7.27. The number of hydrogen-bond donors (Lipinski definition) is 3. The van der Waals surface area contributed by atoms with Gasteiger partial charge < -0.3 is 5.32 Å². The lowest BCUT2D eigenvalue weighted by atomic mass is 10.0. The third kappa shape index (κ3) is 5.60. The Hall–Kier alpha value is -3.49. The molecule has 0 fully saturated rings. The second kappa shape index (κ2) is 10.7. The third-order valence-corrected chi connectivity index (χ3v) is 5.89. The average molecular weight is 460 g/mol. The van der Waals surface area contributed by atoms with Gasteiger partial charge in [0.25, 0.3) is 5.91 Å². The van der Waals surface area contributed by atoms with E-state index in [4.69, 9.17) is 12.2 Å². The van der Waals surface area contributed by atoms with Gasteiger partial charge in [-0.25, -0.2) is 4.98 Å². The molecule has 32 heavy (non-hydrogen) atoms. The molecule has 0 spiro atoms. The maximum atomic E-state index is 13.0. The van der Waals surface area contributed by atoms with Crippen molar-refractivity contribution >= 4 is 45.9 Å². The van der Waals surface area contributed by atoms with E-state index in [1.807, 2.05) is 54.6 Å². The van der Waals surface area contributed by atoms with E-state index in [1.54, 1.807) is 30.2 Å². The van der Waals surface area contributed by atoms with Crippen LogP contribution in [0, 0.1) is 0 Å². The summed E-state index contributed by atoms with van der Waals surface area (Å²) in [5, 5.41) is 4.23. The molecule has 0 saturated carbocycles. The molecule has 0 aliphatic carbocycles. The van der Waals surface area contributed by atoms with Gasteiger partial charge in [0.15, 0.2) is 5.11 Å². The van der Waals surface area contributed by atoms with Crippen molar-refractivity contribution in [3.05, 3.63) is 90.8 Å². The number of aromatic nitrogens is 2. The number of thiocarbonyl (C=S) groups is 1. The third-order valence-electron chi connectivity index (χ3n) is 4.63. The van der Waals surface area contributed by atoms with Crippen molar-refractivity contribution in [2.45, 2.75) is 4.90 Å². The summed E-state index contributed by atoms with van der Waals surface area (Å²) in [6.07, 6.45) is 3.40. The van der Waals surface area contributed by atoms with E-state index in [1.165, 1.54) is 4.90 Å². The lowest BCUT2D eigenvalue weighted by molar-refractivity contribution is 0.0945. The van der Waals surface area contributed by atoms with E-state index in [-0.39, 0.29) is 5.91 Å². The van der Waals surface area contributed by atoms with E-state index >= 15 is 0 Å². The van der Waals surface area contributed by atoms with Crippen molar-refractivity contribution in [3.8, 4) is 11.3 Å². The Morgan fingerprint density at radius 3 is 2.50 bits per heavy atom. The molecular formula is C24H21N5OS2. The number of thioether (sulfide) groups is 1. The molecule has 0 aliphatic rings. The molecular weight excluding hydrogens is 438 g/mol. The second-order valence-corrected chi connectivity index (χ2v) is 8.38. The number of nitrogens with zero attached hydrogens (tertiary/aromatic N) is 2. The molecule has 0 unspecified atom stereocenters. The second-order valence-electron chi connectivity index (χ2n) is 6.80. The van der Waals surface area contributed by atoms with Crippen LogP contribution in [0.1, 0.15) is 10.4 Å². The van der Waals surface area contributed by atoms with Crippen molar-refractivity contribution in [3.63, 3.8) is 0 Å². The molecule has 2 aromatic carbocycles. The SMILES string of the molecule is O=C(NNC(=S)NCCSc1ccccc1)c1cc(-c2ccncc2)nc2ccccc12. The number of hydrazine groups is 1. The van der Waals surface area contributed by atoms with Gasteiger partial charge in [0.2, 0.25) is 0 Å². The van der Waals surface area contributed by atoms with Crippen LogP contribution in [0.4, 0.5) is 0 Å². The van der Waals surface area contributed by atoms with E-state index in [9.17, 15) is 4.79 Å². The number of hydrogen-bond acceptors (Lipinski definition) is 5. The first-order chi connectivity index (χ1) is 15.7. The van der Waals surface area contributed by atoms with Crippen LogP contribution in [0.5, 0.6) is 0 Å². The Balaban J connectivity index is 1.38. The molecule has 4 aromatic rings. The fourth-order valence-electron chi connectivity index (χ4n) is 3.11. The summed E-state index contributed by atoms with van der Waals surface area (Å²) in [4.78, 5) is 22.9. The smallest absolute Gasteiger partial charge is 0.270 e. The van der Waals surface area contributed by atoms with Crippen LogP contribution < -0.4 is 16.2 Å². The minimum atomic E-state index is -0.290. The maximum Gasteiger partial charge on any atom is 0.270 e. The van der Waals surface area contributed by atoms with Gasteiger partial charge in [-0.3, -0.25) is 20.6 Å². The molecule has 8 heteroatoms. The van der Waals surface area contributed by atoms with Crippen molar-refractivity contribution in [1.29, 1.82) is 0 Å². The Bertz CT molecular complexity index is 1220. The van der Waals surface area contributed by atoms with Crippen LogP contribution >= 0.6 is 24.0 Å². The maximum absolute atomic E-state index is 13.0. The molecule has 0 saturated heterocycles. The van der Waals surface area contributed by atoms with Gasteiger partial charge in [0.1, 0.15) is 0 Å². The van der Waals surface area contributed by atoms with Gasteiger partial charge in [-0.15, -0.1) is 11.8 Å². The van der Waals surface area contributed by atoms with E-state index < -0.39 is 0 Å². The molecule has 6 nitrogen and oxygen atoms in total. The molecule has 0 atom stereocenters. The van der Waals surface area contributed by atoms with Crippen LogP contribution in [-0.2, 0) is 0 Å². The van der Waals surface area contributed by atoms with Crippen molar-refractivity contribution < 1.29 is 4.79 Å². The first-order valence-corrected chi connectivity index (χ1v) is 11.4. The minimum absolute atomic E-state index is 0.290. The molecule has 160 valence electrons. The standard InChI is InChI=1S/C24H21N5OS2/c30-23(28-29-24(31)26-14-15-32-18-6-2-1-3-7-18)20-16-22(17-10-12-25-13-11-17)27-21-9-5-4-8-19(20)21/h1-13,16H,14-15H2,(H,28,30)(H2,26,29,31). The van der Waals surface area contributed by atoms with Crippen molar-refractivity contribution in [2.24, 2.45) is 0 Å². The Morgan fingerprint density at radius 2 is 1.69 bits per heavy atom. The molecule has 3 N–H and O–H groups in total. The molecule has 4 rings (SSSR count). The zero-order valence-electron chi connectivity index (χ0n) is 17.1. The topological polar surface area (TPSA) is 78.9 Å². The predicted molar refractivity (Wildman–Crippen MR) is 133 cm³/mol. The number of carbonyl (C=O) groups is 1. The molecule has 1 amide bonds. The quantitative estimate of drug-likeness (QED) is 0.173. The number of rotatable bonds is 6. The summed E-state index contributed by atoms with van der Waals surface area (Å²) < 4.78 is 0. The van der Waals surface area contributed by atoms with Crippen LogP contribution in [0.2, 0.25) is 0 Å². The molecule has 0 radical (unpaired) electrons. The fourth-order valence-corrected chi connectivity index (χ4v) is 4.05. The summed E-state index contributed by atoms with van der Waals surface area (Å²) >= 11 is 7.02. The predicted octanol–water partition coefficient (Wildman–Crippen LogP) is 4.20. The van der Waals surface area contributed by atoms with Gasteiger partial charge in [-0.05, 0) is 48.6 Å². The van der Waals surface area contributed by atoms with E-state index in [2.05, 4.69) is 38.3 Å². The normalized spacial score (nSPS) is 10.5. The monoisotopic (exact) mass is 459 g/mol. The van der Waals surface area contributed by atoms with Gasteiger partial charge >= 0.3 is 0 Å². The molecule has 0 aliphatic heterocycles. The summed E-state index contributed by atoms with van der Waals surface area (Å²) in [6.45, 7) is 0.672. The number of benzene rings is 2. The Labute approximate surface area is 195 Å². The van der Waals surface area contributed by atoms with E-state index in [0.717, 1.165) is 22.2 Å². The fraction of sp³-hybridized carbons (Fsp3) is 0.0833. The number of amides is 1. The molecule has 2 aromatic heterocycles. The highest BCUT2D eigenvalue weighted by Crippen LogP contribution is 2.24. The number of fused-ring (bicyclic) bond motifs is 1. The first-order valence-electron chi connectivity index (χ1n) is 10.0. The summed E-state index contributed by atoms with van der Waals surface area (Å²) in [7, 11) is 0. The van der Waals surface area contributed by atoms with Crippen molar-refractivity contribution in [2.75, 3.05) is 12.3 Å². The van der Waals surface area contributed by atoms with Gasteiger partial charge in [-0.2, -0.15) is 0 Å². The summed E-state index contributed by atoms with van der Waals surface area (Å²) in [5.74, 6) is 0.561. The highest BCUT2D eigenvalue weighted by atomic mass is 32.2. The van der Waals surface area contributed by atoms with Crippen LogP contribution in [0.15, 0.2) is 90.1 Å². The van der Waals surface area contributed by atoms with Gasteiger partial charge in [0, 0.05) is 40.5 Å². The number of carbonyl (C=O) groups excluding carboxylic acids is 1. The lowest BCUT2D eigenvalue weighted by Gasteiger charge is -2.13. The highest BCUT2D eigenvalue weighted by Gasteiger charge is 2.14. The number of pyridine rings is 2. The van der Waals surface area contributed by atoms with Crippen LogP contribution in [0.3, 0.4) is 0 Å². The number of para-hydroxylation sites is 1. The van der Waals surface area contributed by atoms with Gasteiger partial charge in [-0.1, -0.05) is 36.4 Å². The molecule has 0 bridgehead atoms. The van der Waals surface area contributed by atoms with Crippen LogP contribution in [0.25, 0.3) is 22.2 Å². The largest absolute Gasteiger partial charge is 0.361 e. The zero-order chi connectivity index (χ0) is 22.2. The first kappa shape index (κ1) is 21.7. The van der Waals surface area contributed by atoms with E-state index in [0.29, 0.717) is 22.9 Å². The average Bonchev–Trinajstić information content (AvgIpc) is 2.85. The summed E-state index contributed by atoms with van der Waals surface area (Å²) in [5.41, 5.74) is 8.32. The zero-order valence-corrected chi connectivity index (χ0v) is 18.7. The van der Waals surface area contributed by atoms with Crippen molar-refractivity contribution in [1.82, 2.24) is 26.1 Å². The number of nitrogens with one attached hydrogen (secondary N) is 3.